The maximum atomic E-state index is 14.1. The van der Waals surface area contributed by atoms with Crippen LogP contribution >= 0.6 is 0 Å². The molecule has 0 amide bonds. The molecule has 1 nitrogen and oxygen atoms in total. The minimum atomic E-state index is -1.20. The summed E-state index contributed by atoms with van der Waals surface area (Å²) in [5.74, 6) is -1.69. The van der Waals surface area contributed by atoms with Gasteiger partial charge in [0.05, 0.1) is 5.60 Å². The smallest absolute Gasteiger partial charge is 0.165 e. The predicted octanol–water partition coefficient (Wildman–Crippen LogP) is 4.06. The molecule has 1 aliphatic carbocycles. The molecule has 0 bridgehead atoms. The van der Waals surface area contributed by atoms with Crippen LogP contribution in [0.4, 0.5) is 8.78 Å². The highest BCUT2D eigenvalue weighted by atomic mass is 19.2. The van der Waals surface area contributed by atoms with Gasteiger partial charge < -0.3 is 5.11 Å². The van der Waals surface area contributed by atoms with Gasteiger partial charge in [0.25, 0.3) is 0 Å². The number of aliphatic hydroxyl groups is 1. The van der Waals surface area contributed by atoms with Gasteiger partial charge in [-0.2, -0.15) is 0 Å². The monoisotopic (exact) mass is 254 g/mol. The second-order valence-electron chi connectivity index (χ2n) is 5.33. The van der Waals surface area contributed by atoms with E-state index in [2.05, 4.69) is 0 Å². The lowest BCUT2D eigenvalue weighted by Gasteiger charge is -2.40. The summed E-state index contributed by atoms with van der Waals surface area (Å²) in [7, 11) is 0. The molecule has 0 aromatic heterocycles. The molecule has 1 aliphatic rings. The van der Waals surface area contributed by atoms with Crippen LogP contribution in [0.15, 0.2) is 12.1 Å². The van der Waals surface area contributed by atoms with Crippen LogP contribution in [0.1, 0.15) is 50.2 Å². The molecule has 0 spiro atoms. The summed E-state index contributed by atoms with van der Waals surface area (Å²) in [6.45, 7) is 3.52. The van der Waals surface area contributed by atoms with Crippen molar-refractivity contribution in [2.45, 2.75) is 51.6 Å². The Morgan fingerprint density at radius 3 is 2.67 bits per heavy atom. The van der Waals surface area contributed by atoms with E-state index >= 15 is 0 Å². The largest absolute Gasteiger partial charge is 0.385 e. The molecule has 2 rings (SSSR count). The second kappa shape index (κ2) is 4.96. The quantitative estimate of drug-likeness (QED) is 0.843. The molecule has 1 N–H and O–H groups in total. The van der Waals surface area contributed by atoms with Crippen molar-refractivity contribution in [1.82, 2.24) is 0 Å². The van der Waals surface area contributed by atoms with Crippen molar-refractivity contribution in [3.05, 3.63) is 34.9 Å². The number of hydrogen-bond donors (Lipinski definition) is 1. The number of aryl methyl sites for hydroxylation is 1. The lowest BCUT2D eigenvalue weighted by Crippen LogP contribution is -2.38. The third-order valence-electron chi connectivity index (χ3n) is 4.27. The Kier molecular flexibility index (Phi) is 3.71. The van der Waals surface area contributed by atoms with Gasteiger partial charge in [0, 0.05) is 5.56 Å². The fourth-order valence-corrected chi connectivity index (χ4v) is 3.10. The Bertz CT molecular complexity index is 444. The van der Waals surface area contributed by atoms with Crippen LogP contribution in [0.3, 0.4) is 0 Å². The van der Waals surface area contributed by atoms with Crippen LogP contribution in [0.25, 0.3) is 0 Å². The first kappa shape index (κ1) is 13.5. The molecule has 3 heteroatoms. The third-order valence-corrected chi connectivity index (χ3v) is 4.27. The number of halogens is 2. The predicted molar refractivity (Wildman–Crippen MR) is 67.2 cm³/mol. The zero-order valence-electron chi connectivity index (χ0n) is 11.0. The van der Waals surface area contributed by atoms with Crippen LogP contribution in [-0.2, 0) is 5.60 Å². The van der Waals surface area contributed by atoms with Gasteiger partial charge in [-0.15, -0.1) is 0 Å². The van der Waals surface area contributed by atoms with E-state index in [9.17, 15) is 13.9 Å². The molecule has 1 saturated carbocycles. The molecule has 2 unspecified atom stereocenters. The van der Waals surface area contributed by atoms with Gasteiger partial charge in [0.15, 0.2) is 11.6 Å². The maximum absolute atomic E-state index is 14.1. The van der Waals surface area contributed by atoms with Gasteiger partial charge in [-0.3, -0.25) is 0 Å². The molecule has 18 heavy (non-hydrogen) atoms. The first-order valence-electron chi connectivity index (χ1n) is 6.68. The molecule has 1 fully saturated rings. The van der Waals surface area contributed by atoms with Crippen molar-refractivity contribution in [1.29, 1.82) is 0 Å². The second-order valence-corrected chi connectivity index (χ2v) is 5.33. The number of hydrogen-bond acceptors (Lipinski definition) is 1. The average molecular weight is 254 g/mol. The number of rotatable bonds is 2. The summed E-state index contributed by atoms with van der Waals surface area (Å²) in [5, 5.41) is 10.8. The van der Waals surface area contributed by atoms with E-state index in [4.69, 9.17) is 0 Å². The van der Waals surface area contributed by atoms with E-state index in [0.717, 1.165) is 25.7 Å². The van der Waals surface area contributed by atoms with Gasteiger partial charge in [-0.1, -0.05) is 38.3 Å². The fourth-order valence-electron chi connectivity index (χ4n) is 3.10. The highest BCUT2D eigenvalue weighted by molar-refractivity contribution is 5.31. The third kappa shape index (κ3) is 2.05. The van der Waals surface area contributed by atoms with E-state index in [1.165, 1.54) is 6.92 Å². The topological polar surface area (TPSA) is 20.2 Å². The Hall–Kier alpha value is -0.960. The first-order valence-corrected chi connectivity index (χ1v) is 6.68. The average Bonchev–Trinajstić information content (AvgIpc) is 2.36. The minimum absolute atomic E-state index is 0.0165. The Morgan fingerprint density at radius 1 is 1.28 bits per heavy atom. The standard InChI is InChI=1S/C15H20F2O/c1-3-11-6-4-5-9-15(11,18)12-8-7-10(2)13(16)14(12)17/h7-8,11,18H,3-6,9H2,1-2H3. The normalized spacial score (nSPS) is 28.4. The van der Waals surface area contributed by atoms with Crippen molar-refractivity contribution in [3.8, 4) is 0 Å². The van der Waals surface area contributed by atoms with Gasteiger partial charge >= 0.3 is 0 Å². The van der Waals surface area contributed by atoms with Crippen molar-refractivity contribution in [2.24, 2.45) is 5.92 Å². The maximum Gasteiger partial charge on any atom is 0.165 e. The van der Waals surface area contributed by atoms with Crippen LogP contribution in [-0.4, -0.2) is 5.11 Å². The summed E-state index contributed by atoms with van der Waals surface area (Å²) >= 11 is 0. The van der Waals surface area contributed by atoms with Crippen LogP contribution in [0.5, 0.6) is 0 Å². The Morgan fingerprint density at radius 2 is 2.00 bits per heavy atom. The molecular formula is C15H20F2O. The van der Waals surface area contributed by atoms with E-state index in [-0.39, 0.29) is 17.0 Å². The first-order chi connectivity index (χ1) is 8.50. The zero-order valence-corrected chi connectivity index (χ0v) is 11.0. The summed E-state index contributed by atoms with van der Waals surface area (Å²) < 4.78 is 27.7. The van der Waals surface area contributed by atoms with Crippen molar-refractivity contribution < 1.29 is 13.9 Å². The lowest BCUT2D eigenvalue weighted by molar-refractivity contribution is -0.0587. The highest BCUT2D eigenvalue weighted by Gasteiger charge is 2.41. The van der Waals surface area contributed by atoms with Gasteiger partial charge in [-0.05, 0) is 31.2 Å². The molecule has 0 aliphatic heterocycles. The summed E-state index contributed by atoms with van der Waals surface area (Å²) in [6, 6.07) is 3.09. The molecule has 2 atom stereocenters. The molecule has 0 saturated heterocycles. The summed E-state index contributed by atoms with van der Waals surface area (Å²) in [5.41, 5.74) is -0.785. The van der Waals surface area contributed by atoms with E-state index in [1.54, 1.807) is 12.1 Å². The van der Waals surface area contributed by atoms with Crippen LogP contribution < -0.4 is 0 Å². The fraction of sp³-hybridized carbons (Fsp3) is 0.600. The lowest BCUT2D eigenvalue weighted by atomic mass is 9.70. The molecule has 1 aromatic rings. The SMILES string of the molecule is CCC1CCCCC1(O)c1ccc(C)c(F)c1F. The highest BCUT2D eigenvalue weighted by Crippen LogP contribution is 2.44. The molecule has 0 radical (unpaired) electrons. The number of benzene rings is 1. The van der Waals surface area contributed by atoms with E-state index < -0.39 is 17.2 Å². The zero-order chi connectivity index (χ0) is 13.3. The molecule has 0 heterocycles. The molecule has 1 aromatic carbocycles. The van der Waals surface area contributed by atoms with Gasteiger partial charge in [0.1, 0.15) is 0 Å². The molecular weight excluding hydrogens is 234 g/mol. The van der Waals surface area contributed by atoms with Crippen molar-refractivity contribution in [3.63, 3.8) is 0 Å². The Balaban J connectivity index is 2.48. The van der Waals surface area contributed by atoms with Crippen molar-refractivity contribution in [2.75, 3.05) is 0 Å². The van der Waals surface area contributed by atoms with Crippen LogP contribution in [0.2, 0.25) is 0 Å². The van der Waals surface area contributed by atoms with Crippen LogP contribution in [0, 0.1) is 24.5 Å². The summed E-state index contributed by atoms with van der Waals surface area (Å²) in [4.78, 5) is 0. The van der Waals surface area contributed by atoms with Gasteiger partial charge in [-0.25, -0.2) is 8.78 Å². The Labute approximate surface area is 107 Å². The summed E-state index contributed by atoms with van der Waals surface area (Å²) in [6.07, 6.45) is 4.09. The van der Waals surface area contributed by atoms with Gasteiger partial charge in [0.2, 0.25) is 0 Å². The molecule has 100 valence electrons. The van der Waals surface area contributed by atoms with E-state index in [0.29, 0.717) is 6.42 Å². The minimum Gasteiger partial charge on any atom is -0.385 e. The van der Waals surface area contributed by atoms with Crippen molar-refractivity contribution >= 4 is 0 Å². The van der Waals surface area contributed by atoms with E-state index in [1.807, 2.05) is 6.92 Å².